The van der Waals surface area contributed by atoms with Crippen LogP contribution in [0.1, 0.15) is 38.8 Å². The van der Waals surface area contributed by atoms with E-state index in [0.29, 0.717) is 0 Å². The van der Waals surface area contributed by atoms with E-state index in [-0.39, 0.29) is 18.3 Å². The molecule has 0 saturated carbocycles. The van der Waals surface area contributed by atoms with Crippen molar-refractivity contribution in [2.24, 2.45) is 0 Å². The molecule has 4 aromatic rings. The molecule has 0 atom stereocenters. The van der Waals surface area contributed by atoms with E-state index in [0.717, 1.165) is 5.46 Å². The van der Waals surface area contributed by atoms with Gasteiger partial charge in [-0.05, 0) is 90.4 Å². The van der Waals surface area contributed by atoms with Crippen molar-refractivity contribution < 1.29 is 9.31 Å². The maximum atomic E-state index is 6.28. The predicted octanol–water partition coefficient (Wildman–Crippen LogP) is 6.06. The number of hydrogen-bond acceptors (Lipinski definition) is 2. The van der Waals surface area contributed by atoms with E-state index in [1.165, 1.54) is 43.4 Å². The van der Waals surface area contributed by atoms with Crippen LogP contribution in [0.25, 0.3) is 32.3 Å². The zero-order valence-corrected chi connectivity index (χ0v) is 18.1. The Kier molecular flexibility index (Phi) is 3.91. The highest BCUT2D eigenvalue weighted by Gasteiger charge is 2.51. The predicted molar refractivity (Wildman–Crippen MR) is 124 cm³/mol. The average molecular weight is 382 g/mol. The van der Waals surface area contributed by atoms with Crippen molar-refractivity contribution in [1.29, 1.82) is 0 Å². The van der Waals surface area contributed by atoms with Crippen LogP contribution >= 0.6 is 0 Å². The third-order valence-corrected chi connectivity index (χ3v) is 6.94. The maximum absolute atomic E-state index is 6.28. The summed E-state index contributed by atoms with van der Waals surface area (Å²) >= 11 is 0. The molecule has 0 amide bonds. The Balaban J connectivity index is 1.73. The van der Waals surface area contributed by atoms with Crippen LogP contribution in [0.5, 0.6) is 0 Å². The minimum Gasteiger partial charge on any atom is -0.399 e. The molecule has 29 heavy (non-hydrogen) atoms. The first-order valence-corrected chi connectivity index (χ1v) is 10.4. The fourth-order valence-electron chi connectivity index (χ4n) is 4.50. The van der Waals surface area contributed by atoms with Crippen molar-refractivity contribution in [3.05, 3.63) is 65.7 Å². The summed E-state index contributed by atoms with van der Waals surface area (Å²) < 4.78 is 12.6. The molecule has 0 bridgehead atoms. The minimum atomic E-state index is -0.335. The number of hydrogen-bond donors (Lipinski definition) is 0. The fourth-order valence-corrected chi connectivity index (χ4v) is 4.50. The quantitative estimate of drug-likeness (QED) is 0.294. The molecular weight excluding hydrogens is 355 g/mol. The monoisotopic (exact) mass is 382 g/mol. The molecule has 1 fully saturated rings. The van der Waals surface area contributed by atoms with Gasteiger partial charge in [-0.1, -0.05) is 54.6 Å². The first-order chi connectivity index (χ1) is 13.7. The molecule has 0 aromatic heterocycles. The Morgan fingerprint density at radius 2 is 1.10 bits per heavy atom. The summed E-state index contributed by atoms with van der Waals surface area (Å²) in [4.78, 5) is 0. The third kappa shape index (κ3) is 2.72. The van der Waals surface area contributed by atoms with Gasteiger partial charge in [-0.15, -0.1) is 0 Å². The Morgan fingerprint density at radius 3 is 1.72 bits per heavy atom. The van der Waals surface area contributed by atoms with Gasteiger partial charge in [0.15, 0.2) is 0 Å². The lowest BCUT2D eigenvalue weighted by Crippen LogP contribution is -2.41. The summed E-state index contributed by atoms with van der Waals surface area (Å²) in [6.07, 6.45) is 0. The Hall–Kier alpha value is -2.36. The molecule has 0 spiro atoms. The smallest absolute Gasteiger partial charge is 0.399 e. The first-order valence-electron chi connectivity index (χ1n) is 10.4. The molecule has 4 aromatic carbocycles. The lowest BCUT2D eigenvalue weighted by molar-refractivity contribution is 0.00578. The van der Waals surface area contributed by atoms with Crippen LogP contribution < -0.4 is 5.46 Å². The molecule has 1 aliphatic heterocycles. The topological polar surface area (TPSA) is 18.5 Å². The molecule has 1 heterocycles. The molecule has 0 unspecified atom stereocenters. The molecule has 1 aliphatic rings. The molecule has 146 valence electrons. The Labute approximate surface area is 173 Å². The molecule has 1 saturated heterocycles. The van der Waals surface area contributed by atoms with Crippen LogP contribution in [0.4, 0.5) is 0 Å². The summed E-state index contributed by atoms with van der Waals surface area (Å²) in [5, 5.41) is 7.82. The normalized spacial score (nSPS) is 18.2. The van der Waals surface area contributed by atoms with Crippen LogP contribution in [0.3, 0.4) is 0 Å². The van der Waals surface area contributed by atoms with Gasteiger partial charge in [-0.3, -0.25) is 0 Å². The molecular formula is C26H27BO2. The van der Waals surface area contributed by atoms with Crippen LogP contribution in [0.15, 0.2) is 54.6 Å². The van der Waals surface area contributed by atoms with E-state index in [1.807, 2.05) is 0 Å². The van der Waals surface area contributed by atoms with Crippen molar-refractivity contribution in [1.82, 2.24) is 0 Å². The first kappa shape index (κ1) is 18.7. The van der Waals surface area contributed by atoms with Gasteiger partial charge in [0.25, 0.3) is 0 Å². The van der Waals surface area contributed by atoms with Gasteiger partial charge in [-0.2, -0.15) is 0 Å². The SMILES string of the molecule is Cc1cc2c3ccc(B4OC(C)(C)C(C)(C)O4)cc3c(C)cc2c2ccccc12. The van der Waals surface area contributed by atoms with Crippen LogP contribution in [-0.4, -0.2) is 18.3 Å². The van der Waals surface area contributed by atoms with Gasteiger partial charge in [0.2, 0.25) is 0 Å². The van der Waals surface area contributed by atoms with E-state index in [9.17, 15) is 0 Å². The molecule has 5 rings (SSSR count). The van der Waals surface area contributed by atoms with Crippen molar-refractivity contribution in [2.75, 3.05) is 0 Å². The molecule has 2 nitrogen and oxygen atoms in total. The standard InChI is InChI=1S/C26H27BO2/c1-16-13-24-21-12-11-18(27-28-25(3,4)26(5,6)29-27)15-22(21)17(2)14-23(24)20-10-8-7-9-19(16)20/h7-15H,1-6H3. The number of fused-ring (bicyclic) bond motifs is 5. The van der Waals surface area contributed by atoms with Crippen molar-refractivity contribution in [3.8, 4) is 0 Å². The summed E-state index contributed by atoms with van der Waals surface area (Å²) in [5.74, 6) is 0. The minimum absolute atomic E-state index is 0.332. The van der Waals surface area contributed by atoms with E-state index >= 15 is 0 Å². The van der Waals surface area contributed by atoms with Crippen molar-refractivity contribution in [2.45, 2.75) is 52.7 Å². The van der Waals surface area contributed by atoms with Gasteiger partial charge in [0.05, 0.1) is 11.2 Å². The van der Waals surface area contributed by atoms with Crippen LogP contribution in [0, 0.1) is 13.8 Å². The maximum Gasteiger partial charge on any atom is 0.494 e. The summed E-state index contributed by atoms with van der Waals surface area (Å²) in [5.41, 5.74) is 3.01. The third-order valence-electron chi connectivity index (χ3n) is 6.94. The Bertz CT molecular complexity index is 1270. The zero-order valence-electron chi connectivity index (χ0n) is 18.1. The van der Waals surface area contributed by atoms with Crippen LogP contribution in [0.2, 0.25) is 0 Å². The zero-order chi connectivity index (χ0) is 20.6. The van der Waals surface area contributed by atoms with Gasteiger partial charge in [-0.25, -0.2) is 0 Å². The summed E-state index contributed by atoms with van der Waals surface area (Å²) in [6.45, 7) is 12.8. The lowest BCUT2D eigenvalue weighted by atomic mass is 9.77. The van der Waals surface area contributed by atoms with E-state index in [4.69, 9.17) is 9.31 Å². The highest BCUT2D eigenvalue weighted by molar-refractivity contribution is 6.62. The van der Waals surface area contributed by atoms with E-state index < -0.39 is 0 Å². The second-order valence-corrected chi connectivity index (χ2v) is 9.42. The fraction of sp³-hybridized carbons (Fsp3) is 0.308. The number of aryl methyl sites for hydroxylation is 2. The largest absolute Gasteiger partial charge is 0.494 e. The number of benzene rings is 4. The van der Waals surface area contributed by atoms with Crippen molar-refractivity contribution in [3.63, 3.8) is 0 Å². The van der Waals surface area contributed by atoms with Crippen molar-refractivity contribution >= 4 is 44.9 Å². The molecule has 0 radical (unpaired) electrons. The second kappa shape index (κ2) is 6.07. The highest BCUT2D eigenvalue weighted by Crippen LogP contribution is 2.38. The summed E-state index contributed by atoms with van der Waals surface area (Å²) in [7, 11) is -0.335. The average Bonchev–Trinajstić information content (AvgIpc) is 2.90. The highest BCUT2D eigenvalue weighted by atomic mass is 16.7. The summed E-state index contributed by atoms with van der Waals surface area (Å²) in [6, 6.07) is 20.0. The van der Waals surface area contributed by atoms with Gasteiger partial charge in [0.1, 0.15) is 0 Å². The lowest BCUT2D eigenvalue weighted by Gasteiger charge is -2.32. The molecule has 0 aliphatic carbocycles. The molecule has 0 N–H and O–H groups in total. The second-order valence-electron chi connectivity index (χ2n) is 9.42. The Morgan fingerprint density at radius 1 is 0.586 bits per heavy atom. The number of rotatable bonds is 1. The van der Waals surface area contributed by atoms with E-state index in [1.54, 1.807) is 0 Å². The molecule has 3 heteroatoms. The van der Waals surface area contributed by atoms with E-state index in [2.05, 4.69) is 96.1 Å². The van der Waals surface area contributed by atoms with Gasteiger partial charge < -0.3 is 9.31 Å². The van der Waals surface area contributed by atoms with Crippen LogP contribution in [-0.2, 0) is 9.31 Å². The van der Waals surface area contributed by atoms with Gasteiger partial charge >= 0.3 is 7.12 Å². The van der Waals surface area contributed by atoms with Gasteiger partial charge in [0, 0.05) is 0 Å².